The van der Waals surface area contributed by atoms with E-state index < -0.39 is 0 Å². The largest absolute Gasteiger partial charge is 0.392 e. The maximum absolute atomic E-state index is 9.42. The molecule has 8 nitrogen and oxygen atoms in total. The lowest BCUT2D eigenvalue weighted by Gasteiger charge is -2.11. The van der Waals surface area contributed by atoms with Crippen LogP contribution in [0.3, 0.4) is 0 Å². The van der Waals surface area contributed by atoms with Crippen LogP contribution in [0.2, 0.25) is 0 Å². The van der Waals surface area contributed by atoms with Gasteiger partial charge in [-0.25, -0.2) is 19.9 Å². The summed E-state index contributed by atoms with van der Waals surface area (Å²) in [6.45, 7) is 7.96. The first-order valence-corrected chi connectivity index (χ1v) is 11.8. The number of anilines is 1. The fourth-order valence-corrected chi connectivity index (χ4v) is 3.51. The number of hydrogen-bond acceptors (Lipinski definition) is 7. The number of aromatic nitrogens is 5. The van der Waals surface area contributed by atoms with Crippen molar-refractivity contribution in [3.63, 3.8) is 0 Å². The number of hydrogen-bond donors (Lipinski definition) is 2. The Morgan fingerprint density at radius 3 is 2.28 bits per heavy atom. The van der Waals surface area contributed by atoms with Crippen LogP contribution in [0.1, 0.15) is 39.0 Å². The van der Waals surface area contributed by atoms with Crippen LogP contribution in [0.15, 0.2) is 73.1 Å². The van der Waals surface area contributed by atoms with E-state index in [-0.39, 0.29) is 6.61 Å². The zero-order chi connectivity index (χ0) is 26.1. The molecule has 0 atom stereocenters. The fourth-order valence-electron chi connectivity index (χ4n) is 3.51. The highest BCUT2D eigenvalue weighted by atomic mass is 16.3. The van der Waals surface area contributed by atoms with Crippen molar-refractivity contribution in [1.29, 1.82) is 5.26 Å². The molecule has 0 spiro atoms. The van der Waals surface area contributed by atoms with Gasteiger partial charge >= 0.3 is 0 Å². The van der Waals surface area contributed by atoms with E-state index >= 15 is 0 Å². The smallest absolute Gasteiger partial charge is 0.165 e. The van der Waals surface area contributed by atoms with Gasteiger partial charge in [0.2, 0.25) is 0 Å². The van der Waals surface area contributed by atoms with E-state index in [9.17, 15) is 5.11 Å². The van der Waals surface area contributed by atoms with Crippen molar-refractivity contribution in [2.75, 3.05) is 5.73 Å². The molecule has 4 aromatic heterocycles. The molecule has 0 aliphatic carbocycles. The topological polar surface area (TPSA) is 127 Å². The summed E-state index contributed by atoms with van der Waals surface area (Å²) in [6, 6.07) is 20.5. The van der Waals surface area contributed by atoms with E-state index in [4.69, 9.17) is 21.0 Å². The maximum atomic E-state index is 9.42. The normalized spacial score (nSPS) is 10.0. The second-order valence-corrected chi connectivity index (χ2v) is 7.11. The lowest BCUT2D eigenvalue weighted by molar-refractivity contribution is 0.282. The zero-order valence-corrected chi connectivity index (χ0v) is 20.8. The lowest BCUT2D eigenvalue weighted by atomic mass is 10.1. The summed E-state index contributed by atoms with van der Waals surface area (Å²) in [5.74, 6) is 0.984. The number of benzene rings is 1. The Balaban J connectivity index is 0.000000861. The molecule has 0 saturated heterocycles. The Labute approximate surface area is 210 Å². The third kappa shape index (κ3) is 5.22. The molecule has 36 heavy (non-hydrogen) atoms. The van der Waals surface area contributed by atoms with Gasteiger partial charge < -0.3 is 10.8 Å². The van der Waals surface area contributed by atoms with Crippen molar-refractivity contribution < 1.29 is 5.11 Å². The number of imidazole rings is 1. The highest BCUT2D eigenvalue weighted by Crippen LogP contribution is 2.31. The number of nitrogen functional groups attached to an aromatic ring is 1. The quantitative estimate of drug-likeness (QED) is 0.346. The first-order valence-electron chi connectivity index (χ1n) is 11.8. The van der Waals surface area contributed by atoms with Gasteiger partial charge in [0.15, 0.2) is 11.5 Å². The van der Waals surface area contributed by atoms with Crippen molar-refractivity contribution >= 4 is 17.0 Å². The fraction of sp³-hybridized carbons (Fsp3) is 0.179. The Bertz CT molecular complexity index is 1470. The average Bonchev–Trinajstić information content (AvgIpc) is 3.34. The maximum Gasteiger partial charge on any atom is 0.165 e. The molecule has 0 fully saturated rings. The van der Waals surface area contributed by atoms with Crippen LogP contribution in [-0.2, 0) is 6.61 Å². The van der Waals surface area contributed by atoms with Gasteiger partial charge in [-0.15, -0.1) is 0 Å². The average molecular weight is 480 g/mol. The minimum atomic E-state index is -0.0402. The van der Waals surface area contributed by atoms with Crippen LogP contribution in [-0.4, -0.2) is 29.6 Å². The molecule has 182 valence electrons. The molecule has 0 unspecified atom stereocenters. The van der Waals surface area contributed by atoms with Crippen molar-refractivity contribution in [1.82, 2.24) is 24.5 Å². The standard InChI is InChI=1S/C24H17N7O.2C2H6/c25-12-17-6-5-16(13-28-17)20-9-10-21-24(29-20)31(18-7-3-15(14-32)4-8-18)23(30-21)19-2-1-11-27-22(19)26;2*1-2/h1-11,13,32H,14H2,(H2,26,27);2*1-2H3. The minimum Gasteiger partial charge on any atom is -0.392 e. The Morgan fingerprint density at radius 1 is 0.917 bits per heavy atom. The molecule has 0 radical (unpaired) electrons. The molecule has 4 heterocycles. The van der Waals surface area contributed by atoms with E-state index in [0.29, 0.717) is 39.8 Å². The van der Waals surface area contributed by atoms with E-state index in [1.54, 1.807) is 18.5 Å². The first kappa shape index (κ1) is 26.0. The number of fused-ring (bicyclic) bond motifs is 1. The number of rotatable bonds is 4. The lowest BCUT2D eigenvalue weighted by Crippen LogP contribution is -2.02. The highest BCUT2D eigenvalue weighted by Gasteiger charge is 2.18. The predicted molar refractivity (Wildman–Crippen MR) is 143 cm³/mol. The molecule has 0 amide bonds. The van der Waals surface area contributed by atoms with Crippen molar-refractivity contribution in [3.8, 4) is 34.4 Å². The van der Waals surface area contributed by atoms with E-state index in [2.05, 4.69) is 9.97 Å². The second-order valence-electron chi connectivity index (χ2n) is 7.11. The minimum absolute atomic E-state index is 0.0402. The van der Waals surface area contributed by atoms with Crippen LogP contribution in [0.4, 0.5) is 5.82 Å². The molecule has 3 N–H and O–H groups in total. The van der Waals surface area contributed by atoms with E-state index in [1.165, 1.54) is 0 Å². The monoisotopic (exact) mass is 479 g/mol. The second kappa shape index (κ2) is 12.2. The zero-order valence-electron chi connectivity index (χ0n) is 20.8. The van der Waals surface area contributed by atoms with Gasteiger partial charge in [0.1, 0.15) is 23.1 Å². The van der Waals surface area contributed by atoms with E-state index in [1.807, 2.05) is 92.9 Å². The van der Waals surface area contributed by atoms with Gasteiger partial charge in [-0.1, -0.05) is 39.8 Å². The molecular weight excluding hydrogens is 450 g/mol. The number of nitrogens with zero attached hydrogens (tertiary/aromatic N) is 6. The number of aliphatic hydroxyl groups excluding tert-OH is 1. The van der Waals surface area contributed by atoms with Crippen LogP contribution in [0, 0.1) is 11.3 Å². The summed E-state index contributed by atoms with van der Waals surface area (Å²) in [4.78, 5) is 18.0. The van der Waals surface area contributed by atoms with Crippen LogP contribution in [0.25, 0.3) is 39.5 Å². The Morgan fingerprint density at radius 2 is 1.67 bits per heavy atom. The van der Waals surface area contributed by atoms with Gasteiger partial charge in [0.05, 0.1) is 17.9 Å². The summed E-state index contributed by atoms with van der Waals surface area (Å²) in [7, 11) is 0. The van der Waals surface area contributed by atoms with Gasteiger partial charge in [0, 0.05) is 23.6 Å². The van der Waals surface area contributed by atoms with Crippen LogP contribution in [0.5, 0.6) is 0 Å². The molecule has 0 aliphatic rings. The van der Waals surface area contributed by atoms with Gasteiger partial charge in [-0.2, -0.15) is 5.26 Å². The first-order chi connectivity index (χ1) is 17.7. The number of nitriles is 1. The number of nitrogens with two attached hydrogens (primary N) is 1. The molecule has 8 heteroatoms. The Kier molecular flexibility index (Phi) is 8.81. The van der Waals surface area contributed by atoms with Gasteiger partial charge in [-0.3, -0.25) is 4.57 Å². The SMILES string of the molecule is CC.CC.N#Cc1ccc(-c2ccc3nc(-c4cccnc4N)n(-c4ccc(CO)cc4)c3n2)cn1. The molecule has 5 rings (SSSR count). The van der Waals surface area contributed by atoms with Crippen LogP contribution >= 0.6 is 0 Å². The van der Waals surface area contributed by atoms with Crippen molar-refractivity contribution in [2.24, 2.45) is 0 Å². The summed E-state index contributed by atoms with van der Waals surface area (Å²) in [5, 5.41) is 18.4. The summed E-state index contributed by atoms with van der Waals surface area (Å²) >= 11 is 0. The van der Waals surface area contributed by atoms with E-state index in [0.717, 1.165) is 16.8 Å². The summed E-state index contributed by atoms with van der Waals surface area (Å²) in [5.41, 5.74) is 11.7. The molecule has 5 aromatic rings. The predicted octanol–water partition coefficient (Wildman–Crippen LogP) is 5.54. The van der Waals surface area contributed by atoms with Crippen LogP contribution < -0.4 is 5.73 Å². The van der Waals surface area contributed by atoms with Crippen molar-refractivity contribution in [3.05, 3.63) is 84.3 Å². The molecule has 0 aliphatic heterocycles. The number of aliphatic hydroxyl groups is 1. The summed E-state index contributed by atoms with van der Waals surface area (Å²) in [6.07, 6.45) is 3.26. The Hall–Kier alpha value is -4.61. The highest BCUT2D eigenvalue weighted by molar-refractivity contribution is 5.84. The number of pyridine rings is 3. The van der Waals surface area contributed by atoms with Gasteiger partial charge in [0.25, 0.3) is 0 Å². The molecule has 0 bridgehead atoms. The van der Waals surface area contributed by atoms with Crippen molar-refractivity contribution in [2.45, 2.75) is 34.3 Å². The molecule has 0 saturated carbocycles. The molecule has 1 aromatic carbocycles. The molecular formula is C28H29N7O. The van der Waals surface area contributed by atoms with Gasteiger partial charge in [-0.05, 0) is 54.1 Å². The third-order valence-electron chi connectivity index (χ3n) is 5.13. The summed E-state index contributed by atoms with van der Waals surface area (Å²) < 4.78 is 1.92. The third-order valence-corrected chi connectivity index (χ3v) is 5.13.